The van der Waals surface area contributed by atoms with Gasteiger partial charge in [-0.1, -0.05) is 18.2 Å². The smallest absolute Gasteiger partial charge is 0.317 e. The summed E-state index contributed by atoms with van der Waals surface area (Å²) in [4.78, 5) is 37.4. The topological polar surface area (TPSA) is 87.7 Å². The number of esters is 1. The van der Waals surface area contributed by atoms with Crippen molar-refractivity contribution in [3.05, 3.63) is 35.9 Å². The number of piperidine rings is 1. The number of rotatable bonds is 6. The summed E-state index contributed by atoms with van der Waals surface area (Å²) in [6.45, 7) is 4.98. The molecule has 26 heavy (non-hydrogen) atoms. The van der Waals surface area contributed by atoms with E-state index in [1.54, 1.807) is 30.9 Å². The molecule has 0 saturated carbocycles. The number of urea groups is 1. The van der Waals surface area contributed by atoms with Crippen molar-refractivity contribution in [1.82, 2.24) is 15.5 Å². The van der Waals surface area contributed by atoms with Crippen molar-refractivity contribution in [3.63, 3.8) is 0 Å². The molecule has 0 unspecified atom stereocenters. The molecular weight excluding hydrogens is 334 g/mol. The Morgan fingerprint density at radius 3 is 2.42 bits per heavy atom. The minimum absolute atomic E-state index is 0.0628. The number of nitrogens with one attached hydrogen (secondary N) is 2. The second-order valence-electron chi connectivity index (χ2n) is 6.62. The zero-order valence-electron chi connectivity index (χ0n) is 15.4. The summed E-state index contributed by atoms with van der Waals surface area (Å²) in [7, 11) is 0. The Kier molecular flexibility index (Phi) is 7.44. The molecule has 2 rings (SSSR count). The minimum atomic E-state index is -0.317. The van der Waals surface area contributed by atoms with Crippen molar-refractivity contribution in [2.75, 3.05) is 19.6 Å². The second kappa shape index (κ2) is 9.79. The van der Waals surface area contributed by atoms with E-state index >= 15 is 0 Å². The first-order valence-corrected chi connectivity index (χ1v) is 9.04. The van der Waals surface area contributed by atoms with Crippen molar-refractivity contribution >= 4 is 17.9 Å². The molecule has 1 heterocycles. The zero-order valence-corrected chi connectivity index (χ0v) is 15.4. The number of likely N-dealkylation sites (tertiary alicyclic amines) is 1. The number of benzene rings is 1. The highest BCUT2D eigenvalue weighted by molar-refractivity contribution is 5.94. The summed E-state index contributed by atoms with van der Waals surface area (Å²) in [5.74, 6) is -0.403. The molecule has 1 aromatic rings. The molecule has 0 aliphatic carbocycles. The summed E-state index contributed by atoms with van der Waals surface area (Å²) in [5.41, 5.74) is 0.640. The summed E-state index contributed by atoms with van der Waals surface area (Å²) in [6, 6.07) is 8.97. The number of hydrogen-bond donors (Lipinski definition) is 2. The lowest BCUT2D eigenvalue weighted by Gasteiger charge is -2.32. The van der Waals surface area contributed by atoms with E-state index in [-0.39, 0.29) is 43.0 Å². The van der Waals surface area contributed by atoms with Gasteiger partial charge in [-0.3, -0.25) is 9.59 Å². The third kappa shape index (κ3) is 6.38. The van der Waals surface area contributed by atoms with E-state index in [0.717, 1.165) is 0 Å². The molecule has 0 aromatic heterocycles. The van der Waals surface area contributed by atoms with Gasteiger partial charge in [-0.2, -0.15) is 0 Å². The van der Waals surface area contributed by atoms with Crippen molar-refractivity contribution in [2.45, 2.75) is 45.3 Å². The van der Waals surface area contributed by atoms with Crippen LogP contribution in [0.3, 0.4) is 0 Å². The Bertz CT molecular complexity index is 610. The fraction of sp³-hybridized carbons (Fsp3) is 0.526. The quantitative estimate of drug-likeness (QED) is 0.758. The number of carbonyl (C=O) groups is 3. The van der Waals surface area contributed by atoms with Gasteiger partial charge in [0.1, 0.15) is 0 Å². The van der Waals surface area contributed by atoms with Crippen molar-refractivity contribution < 1.29 is 19.1 Å². The molecule has 142 valence electrons. The SMILES string of the molecule is CC(C)OC(=O)CCNC(=O)N1CCC(NC(=O)c2ccccc2)CC1. The van der Waals surface area contributed by atoms with E-state index < -0.39 is 0 Å². The van der Waals surface area contributed by atoms with Crippen molar-refractivity contribution in [2.24, 2.45) is 0 Å². The van der Waals surface area contributed by atoms with Gasteiger partial charge in [0.25, 0.3) is 5.91 Å². The lowest BCUT2D eigenvalue weighted by molar-refractivity contribution is -0.147. The van der Waals surface area contributed by atoms with E-state index in [4.69, 9.17) is 4.74 Å². The highest BCUT2D eigenvalue weighted by Crippen LogP contribution is 2.11. The van der Waals surface area contributed by atoms with E-state index in [1.165, 1.54) is 0 Å². The van der Waals surface area contributed by atoms with Crippen LogP contribution in [-0.4, -0.2) is 54.6 Å². The molecule has 7 heteroatoms. The molecule has 1 fully saturated rings. The predicted molar refractivity (Wildman–Crippen MR) is 97.7 cm³/mol. The molecule has 3 amide bonds. The fourth-order valence-electron chi connectivity index (χ4n) is 2.79. The minimum Gasteiger partial charge on any atom is -0.463 e. The summed E-state index contributed by atoms with van der Waals surface area (Å²) < 4.78 is 5.02. The largest absolute Gasteiger partial charge is 0.463 e. The van der Waals surface area contributed by atoms with Gasteiger partial charge in [0.2, 0.25) is 0 Å². The number of ether oxygens (including phenoxy) is 1. The molecule has 1 aliphatic heterocycles. The standard InChI is InChI=1S/C19H27N3O4/c1-14(2)26-17(23)8-11-20-19(25)22-12-9-16(10-13-22)21-18(24)15-6-4-3-5-7-15/h3-7,14,16H,8-13H2,1-2H3,(H,20,25)(H,21,24). The lowest BCUT2D eigenvalue weighted by atomic mass is 10.0. The third-order valence-corrected chi connectivity index (χ3v) is 4.13. The van der Waals surface area contributed by atoms with Gasteiger partial charge in [-0.25, -0.2) is 4.79 Å². The Labute approximate surface area is 154 Å². The summed E-state index contributed by atoms with van der Waals surface area (Å²) in [6.07, 6.45) is 1.43. The van der Waals surface area contributed by atoms with Crippen LogP contribution in [0.15, 0.2) is 30.3 Å². The van der Waals surface area contributed by atoms with Crippen LogP contribution >= 0.6 is 0 Å². The van der Waals surface area contributed by atoms with Gasteiger partial charge in [0.15, 0.2) is 0 Å². The van der Waals surface area contributed by atoms with Crippen LogP contribution in [0.1, 0.15) is 43.5 Å². The molecule has 0 spiro atoms. The molecule has 0 bridgehead atoms. The zero-order chi connectivity index (χ0) is 18.9. The van der Waals surface area contributed by atoms with Gasteiger partial charge >= 0.3 is 12.0 Å². The lowest BCUT2D eigenvalue weighted by Crippen LogP contribution is -2.49. The first kappa shape index (κ1) is 19.8. The van der Waals surface area contributed by atoms with Crippen LogP contribution in [0, 0.1) is 0 Å². The number of amides is 3. The van der Waals surface area contributed by atoms with Crippen molar-refractivity contribution in [1.29, 1.82) is 0 Å². The Balaban J connectivity index is 1.67. The van der Waals surface area contributed by atoms with Gasteiger partial charge in [-0.15, -0.1) is 0 Å². The van der Waals surface area contributed by atoms with Crippen LogP contribution in [0.2, 0.25) is 0 Å². The predicted octanol–water partition coefficient (Wildman–Crippen LogP) is 1.93. The third-order valence-electron chi connectivity index (χ3n) is 4.13. The molecule has 0 radical (unpaired) electrons. The molecule has 1 aliphatic rings. The van der Waals surface area contributed by atoms with Gasteiger partial charge in [-0.05, 0) is 38.8 Å². The van der Waals surface area contributed by atoms with E-state index in [9.17, 15) is 14.4 Å². The van der Waals surface area contributed by atoms with Crippen molar-refractivity contribution in [3.8, 4) is 0 Å². The van der Waals surface area contributed by atoms with Crippen LogP contribution < -0.4 is 10.6 Å². The van der Waals surface area contributed by atoms with Gasteiger partial charge in [0, 0.05) is 31.2 Å². The normalized spacial score (nSPS) is 14.8. The average Bonchev–Trinajstić information content (AvgIpc) is 2.62. The van der Waals surface area contributed by atoms with E-state index in [1.807, 2.05) is 18.2 Å². The van der Waals surface area contributed by atoms with Gasteiger partial charge in [0.05, 0.1) is 12.5 Å². The molecule has 1 aromatic carbocycles. The fourth-order valence-corrected chi connectivity index (χ4v) is 2.79. The first-order valence-electron chi connectivity index (χ1n) is 9.04. The molecule has 2 N–H and O–H groups in total. The maximum Gasteiger partial charge on any atom is 0.317 e. The van der Waals surface area contributed by atoms with Crippen LogP contribution in [0.5, 0.6) is 0 Å². The maximum absolute atomic E-state index is 12.2. The summed E-state index contributed by atoms with van der Waals surface area (Å²) in [5, 5.41) is 5.75. The molecular formula is C19H27N3O4. The highest BCUT2D eigenvalue weighted by atomic mass is 16.5. The molecule has 0 atom stereocenters. The van der Waals surface area contributed by atoms with E-state index in [0.29, 0.717) is 31.5 Å². The number of hydrogen-bond acceptors (Lipinski definition) is 4. The van der Waals surface area contributed by atoms with Crippen LogP contribution in [0.4, 0.5) is 4.79 Å². The average molecular weight is 361 g/mol. The molecule has 1 saturated heterocycles. The maximum atomic E-state index is 12.2. The van der Waals surface area contributed by atoms with Crippen LogP contribution in [0.25, 0.3) is 0 Å². The monoisotopic (exact) mass is 361 g/mol. The molecule has 7 nitrogen and oxygen atoms in total. The second-order valence-corrected chi connectivity index (χ2v) is 6.62. The first-order chi connectivity index (χ1) is 12.5. The Hall–Kier alpha value is -2.57. The van der Waals surface area contributed by atoms with Crippen LogP contribution in [-0.2, 0) is 9.53 Å². The summed E-state index contributed by atoms with van der Waals surface area (Å²) >= 11 is 0. The number of nitrogens with zero attached hydrogens (tertiary/aromatic N) is 1. The Morgan fingerprint density at radius 2 is 1.81 bits per heavy atom. The number of carbonyl (C=O) groups excluding carboxylic acids is 3. The van der Waals surface area contributed by atoms with Gasteiger partial charge < -0.3 is 20.3 Å². The van der Waals surface area contributed by atoms with E-state index in [2.05, 4.69) is 10.6 Å². The highest BCUT2D eigenvalue weighted by Gasteiger charge is 2.24. The Morgan fingerprint density at radius 1 is 1.15 bits per heavy atom.